The minimum absolute atomic E-state index is 0.233. The number of halogens is 1. The van der Waals surface area contributed by atoms with Crippen LogP contribution in [-0.4, -0.2) is 0 Å². The molecule has 0 amide bonds. The van der Waals surface area contributed by atoms with Crippen molar-refractivity contribution in [2.24, 2.45) is 0 Å². The van der Waals surface area contributed by atoms with E-state index in [-0.39, 0.29) is 5.82 Å². The zero-order valence-corrected chi connectivity index (χ0v) is 21.0. The molecule has 0 fully saturated rings. The van der Waals surface area contributed by atoms with Gasteiger partial charge in [0, 0.05) is 10.9 Å². The van der Waals surface area contributed by atoms with Crippen LogP contribution in [0.2, 0.25) is 0 Å². The Hall–Kier alpha value is -3.37. The Bertz CT molecular complexity index is 1300. The maximum atomic E-state index is 15.2. The molecule has 0 radical (unpaired) electrons. The van der Waals surface area contributed by atoms with Crippen molar-refractivity contribution in [1.29, 1.82) is 0 Å². The van der Waals surface area contributed by atoms with Gasteiger partial charge >= 0.3 is 0 Å². The van der Waals surface area contributed by atoms with Crippen molar-refractivity contribution in [3.05, 3.63) is 118 Å². The van der Waals surface area contributed by atoms with Crippen molar-refractivity contribution < 1.29 is 4.39 Å². The molecule has 0 unspecified atom stereocenters. The summed E-state index contributed by atoms with van der Waals surface area (Å²) in [6, 6.07) is 27.2. The first-order valence-electron chi connectivity index (χ1n) is 13.1. The van der Waals surface area contributed by atoms with Gasteiger partial charge < -0.3 is 0 Å². The summed E-state index contributed by atoms with van der Waals surface area (Å²) in [6.07, 6.45) is 9.04. The fourth-order valence-corrected chi connectivity index (χ4v) is 4.41. The van der Waals surface area contributed by atoms with Crippen molar-refractivity contribution in [3.8, 4) is 11.8 Å². The Labute approximate surface area is 210 Å². The van der Waals surface area contributed by atoms with Gasteiger partial charge in [-0.1, -0.05) is 99.2 Å². The van der Waals surface area contributed by atoms with E-state index in [9.17, 15) is 0 Å². The smallest absolute Gasteiger partial charge is 0.146 e. The SMILES string of the molecule is CCCCc1ccc(C#Cc2ccc3cc(CCc4ccc(CCCC)cc4)ccc3c2F)cc1. The van der Waals surface area contributed by atoms with Gasteiger partial charge in [-0.3, -0.25) is 0 Å². The van der Waals surface area contributed by atoms with E-state index in [1.54, 1.807) is 6.07 Å². The number of hydrogen-bond donors (Lipinski definition) is 0. The average molecular weight is 463 g/mol. The molecule has 0 N–H and O–H groups in total. The highest BCUT2D eigenvalue weighted by molar-refractivity contribution is 5.85. The van der Waals surface area contributed by atoms with Crippen LogP contribution >= 0.6 is 0 Å². The van der Waals surface area contributed by atoms with Crippen LogP contribution in [0.4, 0.5) is 4.39 Å². The maximum Gasteiger partial charge on any atom is 0.146 e. The third-order valence-electron chi connectivity index (χ3n) is 6.68. The van der Waals surface area contributed by atoms with Crippen molar-refractivity contribution in [2.45, 2.75) is 65.2 Å². The summed E-state index contributed by atoms with van der Waals surface area (Å²) in [5.74, 6) is 5.93. The molecular formula is C34H35F. The Balaban J connectivity index is 1.42. The van der Waals surface area contributed by atoms with Gasteiger partial charge in [-0.2, -0.15) is 0 Å². The monoisotopic (exact) mass is 462 g/mol. The molecule has 4 aromatic carbocycles. The Kier molecular flexibility index (Phi) is 8.74. The van der Waals surface area contributed by atoms with Crippen molar-refractivity contribution in [3.63, 3.8) is 0 Å². The van der Waals surface area contributed by atoms with Gasteiger partial charge in [0.25, 0.3) is 0 Å². The van der Waals surface area contributed by atoms with E-state index in [2.05, 4.69) is 68.2 Å². The van der Waals surface area contributed by atoms with Crippen LogP contribution in [0.1, 0.15) is 72.9 Å². The topological polar surface area (TPSA) is 0 Å². The molecule has 0 aliphatic heterocycles. The van der Waals surface area contributed by atoms with E-state index in [4.69, 9.17) is 0 Å². The second-order valence-corrected chi connectivity index (χ2v) is 9.45. The van der Waals surface area contributed by atoms with E-state index in [0.29, 0.717) is 10.9 Å². The summed E-state index contributed by atoms with van der Waals surface area (Å²) in [6.45, 7) is 4.43. The molecule has 0 spiro atoms. The van der Waals surface area contributed by atoms with Crippen molar-refractivity contribution in [1.82, 2.24) is 0 Å². The first-order chi connectivity index (χ1) is 17.2. The van der Waals surface area contributed by atoms with Gasteiger partial charge in [-0.15, -0.1) is 0 Å². The molecule has 178 valence electrons. The molecule has 4 rings (SSSR count). The second-order valence-electron chi connectivity index (χ2n) is 9.45. The lowest BCUT2D eigenvalue weighted by Crippen LogP contribution is -1.94. The minimum atomic E-state index is -0.233. The molecule has 0 heterocycles. The van der Waals surface area contributed by atoms with Crippen molar-refractivity contribution >= 4 is 10.8 Å². The Morgan fingerprint density at radius 1 is 0.571 bits per heavy atom. The lowest BCUT2D eigenvalue weighted by atomic mass is 9.98. The number of aryl methyl sites for hydroxylation is 4. The molecule has 0 saturated carbocycles. The normalized spacial score (nSPS) is 10.8. The van der Waals surface area contributed by atoms with Crippen LogP contribution in [0.15, 0.2) is 78.9 Å². The van der Waals surface area contributed by atoms with Gasteiger partial charge in [0.1, 0.15) is 5.82 Å². The highest BCUT2D eigenvalue weighted by Gasteiger charge is 2.07. The van der Waals surface area contributed by atoms with Crippen LogP contribution in [0, 0.1) is 17.7 Å². The van der Waals surface area contributed by atoms with Gasteiger partial charge in [-0.05, 0) is 84.4 Å². The van der Waals surface area contributed by atoms with Gasteiger partial charge in [0.2, 0.25) is 0 Å². The lowest BCUT2D eigenvalue weighted by molar-refractivity contribution is 0.636. The number of fused-ring (bicyclic) bond motifs is 1. The quantitative estimate of drug-likeness (QED) is 0.218. The van der Waals surface area contributed by atoms with Gasteiger partial charge in [-0.25, -0.2) is 4.39 Å². The predicted octanol–water partition coefficient (Wildman–Crippen LogP) is 8.85. The zero-order chi connectivity index (χ0) is 24.5. The first-order valence-corrected chi connectivity index (χ1v) is 13.1. The molecule has 0 aromatic heterocycles. The average Bonchev–Trinajstić information content (AvgIpc) is 2.90. The fraction of sp³-hybridized carbons (Fsp3) is 0.294. The number of unbranched alkanes of at least 4 members (excludes halogenated alkanes) is 2. The first kappa shape index (κ1) is 24.7. The van der Waals surface area contributed by atoms with Crippen LogP contribution in [-0.2, 0) is 25.7 Å². The van der Waals surface area contributed by atoms with E-state index in [1.165, 1.54) is 47.9 Å². The van der Waals surface area contributed by atoms with Crippen LogP contribution in [0.25, 0.3) is 10.8 Å². The van der Waals surface area contributed by atoms with E-state index in [1.807, 2.05) is 30.3 Å². The Morgan fingerprint density at radius 2 is 1.11 bits per heavy atom. The summed E-state index contributed by atoms with van der Waals surface area (Å²) >= 11 is 0. The van der Waals surface area contributed by atoms with Crippen LogP contribution < -0.4 is 0 Å². The largest absolute Gasteiger partial charge is 0.205 e. The minimum Gasteiger partial charge on any atom is -0.205 e. The van der Waals surface area contributed by atoms with Crippen molar-refractivity contribution in [2.75, 3.05) is 0 Å². The molecule has 0 atom stereocenters. The second kappa shape index (κ2) is 12.4. The van der Waals surface area contributed by atoms with Crippen LogP contribution in [0.5, 0.6) is 0 Å². The molecule has 1 heteroatoms. The molecular weight excluding hydrogens is 427 g/mol. The van der Waals surface area contributed by atoms with Gasteiger partial charge in [0.15, 0.2) is 0 Å². The summed E-state index contributed by atoms with van der Waals surface area (Å²) < 4.78 is 15.2. The third kappa shape index (κ3) is 6.83. The fourth-order valence-electron chi connectivity index (χ4n) is 4.41. The van der Waals surface area contributed by atoms with Gasteiger partial charge in [0.05, 0.1) is 5.56 Å². The number of rotatable bonds is 9. The summed E-state index contributed by atoms with van der Waals surface area (Å²) in [4.78, 5) is 0. The molecule has 0 saturated heterocycles. The standard InChI is InChI=1S/C34H35F/c1-3-5-7-26-9-13-28(14-10-26)17-18-30-20-24-33-32(25-30)23-22-31(34(33)35)21-19-29-15-11-27(12-16-29)8-6-4-2/h9-16,20,22-25H,3-8,17-18H2,1-2H3. The third-order valence-corrected chi connectivity index (χ3v) is 6.68. The van der Waals surface area contributed by atoms with E-state index >= 15 is 4.39 Å². The molecule has 35 heavy (non-hydrogen) atoms. The predicted molar refractivity (Wildman–Crippen MR) is 147 cm³/mol. The summed E-state index contributed by atoms with van der Waals surface area (Å²) in [5, 5.41) is 1.57. The molecule has 0 aliphatic carbocycles. The number of benzene rings is 4. The van der Waals surface area contributed by atoms with E-state index in [0.717, 1.165) is 36.6 Å². The highest BCUT2D eigenvalue weighted by Crippen LogP contribution is 2.23. The summed E-state index contributed by atoms with van der Waals surface area (Å²) in [7, 11) is 0. The summed E-state index contributed by atoms with van der Waals surface area (Å²) in [5.41, 5.74) is 6.69. The molecule has 0 bridgehead atoms. The molecule has 4 aromatic rings. The lowest BCUT2D eigenvalue weighted by Gasteiger charge is -2.07. The molecule has 0 nitrogen and oxygen atoms in total. The number of hydrogen-bond acceptors (Lipinski definition) is 0. The maximum absolute atomic E-state index is 15.2. The van der Waals surface area contributed by atoms with E-state index < -0.39 is 0 Å². The highest BCUT2D eigenvalue weighted by atomic mass is 19.1. The zero-order valence-electron chi connectivity index (χ0n) is 21.0. The van der Waals surface area contributed by atoms with Crippen LogP contribution in [0.3, 0.4) is 0 Å². The molecule has 0 aliphatic rings. The Morgan fingerprint density at radius 3 is 1.74 bits per heavy atom.